The maximum absolute atomic E-state index is 12.4. The summed E-state index contributed by atoms with van der Waals surface area (Å²) in [7, 11) is 0. The average molecular weight is 406 g/mol. The molecule has 3 rings (SSSR count). The van der Waals surface area contributed by atoms with Crippen molar-refractivity contribution in [2.75, 3.05) is 0 Å². The van der Waals surface area contributed by atoms with Crippen molar-refractivity contribution >= 4 is 33.4 Å². The Bertz CT molecular complexity index is 877. The van der Waals surface area contributed by atoms with Crippen molar-refractivity contribution in [3.63, 3.8) is 0 Å². The number of rotatable bonds is 4. The molecule has 1 heterocycles. The Morgan fingerprint density at radius 3 is 2.71 bits per heavy atom. The molecule has 1 amide bonds. The second kappa shape index (κ2) is 7.15. The number of hydrogen-bond acceptors (Lipinski definition) is 3. The van der Waals surface area contributed by atoms with Gasteiger partial charge < -0.3 is 5.32 Å². The van der Waals surface area contributed by atoms with Crippen molar-refractivity contribution in [1.82, 2.24) is 20.3 Å². The average Bonchev–Trinajstić information content (AvgIpc) is 2.95. The van der Waals surface area contributed by atoms with Crippen LogP contribution in [0, 0.1) is 6.92 Å². The minimum atomic E-state index is -0.268. The molecule has 7 heteroatoms. The van der Waals surface area contributed by atoms with Crippen LogP contribution in [0.15, 0.2) is 53.0 Å². The molecule has 0 atom stereocenters. The fourth-order valence-electron chi connectivity index (χ4n) is 2.28. The lowest BCUT2D eigenvalue weighted by molar-refractivity contribution is 0.0945. The third-order valence-electron chi connectivity index (χ3n) is 3.52. The van der Waals surface area contributed by atoms with Gasteiger partial charge >= 0.3 is 0 Å². The number of carbonyl (C=O) groups is 1. The first-order valence-electron chi connectivity index (χ1n) is 7.25. The molecular weight excluding hydrogens is 392 g/mol. The van der Waals surface area contributed by atoms with Crippen LogP contribution in [0.5, 0.6) is 0 Å². The van der Waals surface area contributed by atoms with Gasteiger partial charge in [-0.15, -0.1) is 5.10 Å². The van der Waals surface area contributed by atoms with E-state index < -0.39 is 0 Å². The Morgan fingerprint density at radius 2 is 2.00 bits per heavy atom. The largest absolute Gasteiger partial charge is 0.347 e. The Kier molecular flexibility index (Phi) is 4.97. The van der Waals surface area contributed by atoms with Gasteiger partial charge in [-0.2, -0.15) is 0 Å². The predicted octanol–water partition coefficient (Wildman–Crippen LogP) is 3.92. The molecule has 2 aromatic carbocycles. The van der Waals surface area contributed by atoms with E-state index in [1.807, 2.05) is 49.4 Å². The summed E-state index contributed by atoms with van der Waals surface area (Å²) < 4.78 is 2.62. The van der Waals surface area contributed by atoms with E-state index in [1.165, 1.54) is 0 Å². The number of amides is 1. The van der Waals surface area contributed by atoms with Crippen LogP contribution >= 0.6 is 27.5 Å². The smallest absolute Gasteiger partial charge is 0.274 e. The van der Waals surface area contributed by atoms with Crippen molar-refractivity contribution < 1.29 is 4.79 Å². The van der Waals surface area contributed by atoms with E-state index in [0.29, 0.717) is 23.0 Å². The lowest BCUT2D eigenvalue weighted by Gasteiger charge is -2.06. The van der Waals surface area contributed by atoms with Crippen LogP contribution in [0.2, 0.25) is 5.02 Å². The lowest BCUT2D eigenvalue weighted by atomic mass is 10.2. The Balaban J connectivity index is 1.75. The van der Waals surface area contributed by atoms with Gasteiger partial charge in [0.1, 0.15) is 0 Å². The number of nitrogens with one attached hydrogen (secondary N) is 1. The number of hydrogen-bond donors (Lipinski definition) is 1. The van der Waals surface area contributed by atoms with Gasteiger partial charge in [0.25, 0.3) is 5.91 Å². The van der Waals surface area contributed by atoms with Gasteiger partial charge in [0.2, 0.25) is 0 Å². The number of nitrogens with zero attached hydrogens (tertiary/aromatic N) is 3. The van der Waals surface area contributed by atoms with Crippen LogP contribution in [-0.2, 0) is 6.54 Å². The third-order valence-corrected chi connectivity index (χ3v) is 4.29. The van der Waals surface area contributed by atoms with E-state index in [-0.39, 0.29) is 5.91 Å². The zero-order valence-corrected chi connectivity index (χ0v) is 15.2. The second-order valence-electron chi connectivity index (χ2n) is 5.22. The topological polar surface area (TPSA) is 59.8 Å². The van der Waals surface area contributed by atoms with Crippen LogP contribution in [0.4, 0.5) is 0 Å². The number of benzene rings is 2. The maximum Gasteiger partial charge on any atom is 0.274 e. The van der Waals surface area contributed by atoms with E-state index in [2.05, 4.69) is 31.6 Å². The van der Waals surface area contributed by atoms with E-state index in [4.69, 9.17) is 11.6 Å². The molecule has 1 N–H and O–H groups in total. The van der Waals surface area contributed by atoms with E-state index in [1.54, 1.807) is 10.7 Å². The van der Waals surface area contributed by atoms with Crippen LogP contribution in [0.25, 0.3) is 5.69 Å². The molecule has 0 saturated carbocycles. The molecule has 0 aliphatic carbocycles. The first kappa shape index (κ1) is 16.7. The van der Waals surface area contributed by atoms with Crippen molar-refractivity contribution in [2.45, 2.75) is 13.5 Å². The standard InChI is InChI=1S/C17H14BrClN4O/c1-11-16(17(24)20-10-12-3-2-4-14(19)9-12)21-22-23(11)15-7-5-13(18)6-8-15/h2-9H,10H2,1H3,(H,20,24). The van der Waals surface area contributed by atoms with Crippen molar-refractivity contribution in [3.8, 4) is 5.69 Å². The van der Waals surface area contributed by atoms with E-state index >= 15 is 0 Å². The van der Waals surface area contributed by atoms with Gasteiger partial charge in [-0.3, -0.25) is 4.79 Å². The molecule has 0 unspecified atom stereocenters. The Hall–Kier alpha value is -2.18. The third kappa shape index (κ3) is 3.66. The Morgan fingerprint density at radius 1 is 1.25 bits per heavy atom. The van der Waals surface area contributed by atoms with Gasteiger partial charge in [0, 0.05) is 16.0 Å². The van der Waals surface area contributed by atoms with Crippen molar-refractivity contribution in [3.05, 3.63) is 75.0 Å². The fraction of sp³-hybridized carbons (Fsp3) is 0.118. The SMILES string of the molecule is Cc1c(C(=O)NCc2cccc(Cl)c2)nnn1-c1ccc(Br)cc1. The molecular formula is C17H14BrClN4O. The summed E-state index contributed by atoms with van der Waals surface area (Å²) in [5, 5.41) is 11.6. The summed E-state index contributed by atoms with van der Waals surface area (Å²) >= 11 is 9.34. The minimum Gasteiger partial charge on any atom is -0.347 e. The first-order chi connectivity index (χ1) is 11.5. The summed E-state index contributed by atoms with van der Waals surface area (Å²) in [5.74, 6) is -0.268. The quantitative estimate of drug-likeness (QED) is 0.715. The minimum absolute atomic E-state index is 0.268. The number of carbonyl (C=O) groups excluding carboxylic acids is 1. The lowest BCUT2D eigenvalue weighted by Crippen LogP contribution is -2.24. The van der Waals surface area contributed by atoms with Gasteiger partial charge in [-0.1, -0.05) is 44.9 Å². The van der Waals surface area contributed by atoms with Crippen molar-refractivity contribution in [2.24, 2.45) is 0 Å². The highest BCUT2D eigenvalue weighted by molar-refractivity contribution is 9.10. The van der Waals surface area contributed by atoms with Crippen molar-refractivity contribution in [1.29, 1.82) is 0 Å². The Labute approximate surface area is 152 Å². The highest BCUT2D eigenvalue weighted by atomic mass is 79.9. The molecule has 5 nitrogen and oxygen atoms in total. The normalized spacial score (nSPS) is 10.6. The first-order valence-corrected chi connectivity index (χ1v) is 8.42. The molecule has 0 fully saturated rings. The summed E-state index contributed by atoms with van der Waals surface area (Å²) in [5.41, 5.74) is 2.76. The van der Waals surface area contributed by atoms with E-state index in [9.17, 15) is 4.79 Å². The summed E-state index contributed by atoms with van der Waals surface area (Å²) in [6, 6.07) is 15.0. The summed E-state index contributed by atoms with van der Waals surface area (Å²) in [4.78, 5) is 12.4. The molecule has 1 aromatic heterocycles. The monoisotopic (exact) mass is 404 g/mol. The van der Waals surface area contributed by atoms with E-state index in [0.717, 1.165) is 15.7 Å². The van der Waals surface area contributed by atoms with Gasteiger partial charge in [-0.25, -0.2) is 4.68 Å². The van der Waals surface area contributed by atoms with Crippen LogP contribution < -0.4 is 5.32 Å². The number of halogens is 2. The highest BCUT2D eigenvalue weighted by Gasteiger charge is 2.17. The molecule has 0 radical (unpaired) electrons. The molecule has 24 heavy (non-hydrogen) atoms. The zero-order valence-electron chi connectivity index (χ0n) is 12.8. The van der Waals surface area contributed by atoms with Crippen LogP contribution in [0.1, 0.15) is 21.7 Å². The molecule has 3 aromatic rings. The number of aromatic nitrogens is 3. The maximum atomic E-state index is 12.4. The fourth-order valence-corrected chi connectivity index (χ4v) is 2.76. The van der Waals surface area contributed by atoms with Crippen LogP contribution in [-0.4, -0.2) is 20.9 Å². The summed E-state index contributed by atoms with van der Waals surface area (Å²) in [6.45, 7) is 2.19. The van der Waals surface area contributed by atoms with Gasteiger partial charge in [0.05, 0.1) is 11.4 Å². The van der Waals surface area contributed by atoms with Gasteiger partial charge in [-0.05, 0) is 48.9 Å². The molecule has 0 aliphatic rings. The zero-order chi connectivity index (χ0) is 17.1. The molecule has 0 bridgehead atoms. The van der Waals surface area contributed by atoms with Crippen LogP contribution in [0.3, 0.4) is 0 Å². The molecule has 122 valence electrons. The molecule has 0 aliphatic heterocycles. The highest BCUT2D eigenvalue weighted by Crippen LogP contribution is 2.16. The summed E-state index contributed by atoms with van der Waals surface area (Å²) in [6.07, 6.45) is 0. The molecule has 0 saturated heterocycles. The second-order valence-corrected chi connectivity index (χ2v) is 6.58. The predicted molar refractivity (Wildman–Crippen MR) is 96.4 cm³/mol. The van der Waals surface area contributed by atoms with Gasteiger partial charge in [0.15, 0.2) is 5.69 Å². The molecule has 0 spiro atoms.